The van der Waals surface area contributed by atoms with Gasteiger partial charge in [0.2, 0.25) is 0 Å². The van der Waals surface area contributed by atoms with E-state index in [4.69, 9.17) is 9.79 Å². The third-order valence-corrected chi connectivity index (χ3v) is 2.04. The Labute approximate surface area is 104 Å². The minimum atomic E-state index is -4.95. The summed E-state index contributed by atoms with van der Waals surface area (Å²) in [5.74, 6) is -2.76. The highest BCUT2D eigenvalue weighted by atomic mass is 31.2. The average Bonchev–Trinajstić information content (AvgIpc) is 2.14. The van der Waals surface area contributed by atoms with Gasteiger partial charge in [-0.25, -0.2) is 9.09 Å². The summed E-state index contributed by atoms with van der Waals surface area (Å²) in [6.45, 7) is 3.94. The SMILES string of the molecule is CC(C)C(=O)OC(OC(=O)C(C)C)OP(=O)(O)O. The molecule has 0 fully saturated rings. The van der Waals surface area contributed by atoms with Gasteiger partial charge >= 0.3 is 26.2 Å². The van der Waals surface area contributed by atoms with Crippen LogP contribution in [0.2, 0.25) is 0 Å². The number of carbonyl (C=O) groups excluding carboxylic acids is 2. The Kier molecular flexibility index (Phi) is 6.48. The van der Waals surface area contributed by atoms with Crippen molar-refractivity contribution in [1.29, 1.82) is 0 Å². The first-order valence-electron chi connectivity index (χ1n) is 5.18. The summed E-state index contributed by atoms with van der Waals surface area (Å²) < 4.78 is 23.7. The third-order valence-electron chi connectivity index (χ3n) is 1.59. The highest BCUT2D eigenvalue weighted by Crippen LogP contribution is 2.38. The van der Waals surface area contributed by atoms with Crippen LogP contribution in [0.25, 0.3) is 0 Å². The van der Waals surface area contributed by atoms with Crippen LogP contribution in [0.5, 0.6) is 0 Å². The molecule has 8 nitrogen and oxygen atoms in total. The number of phosphoric ester groups is 1. The first-order valence-corrected chi connectivity index (χ1v) is 6.71. The number of rotatable bonds is 6. The van der Waals surface area contributed by atoms with Crippen LogP contribution in [0.3, 0.4) is 0 Å². The summed E-state index contributed by atoms with van der Waals surface area (Å²) in [6.07, 6.45) is 0. The molecule has 0 aromatic rings. The van der Waals surface area contributed by atoms with Crippen molar-refractivity contribution in [2.45, 2.75) is 34.2 Å². The van der Waals surface area contributed by atoms with Gasteiger partial charge in [-0.15, -0.1) is 0 Å². The maximum Gasteiger partial charge on any atom is 0.475 e. The van der Waals surface area contributed by atoms with Crippen LogP contribution >= 0.6 is 7.82 Å². The predicted octanol–water partition coefficient (Wildman–Crippen LogP) is 0.778. The molecule has 0 amide bonds. The van der Waals surface area contributed by atoms with Crippen LogP contribution in [-0.2, 0) is 28.2 Å². The Morgan fingerprint density at radius 1 is 0.944 bits per heavy atom. The molecule has 0 radical (unpaired) electrons. The molecule has 0 aromatic heterocycles. The van der Waals surface area contributed by atoms with Crippen LogP contribution in [-0.4, -0.2) is 28.2 Å². The number of phosphoric acid groups is 1. The molecule has 106 valence electrons. The molecule has 0 rings (SSSR count). The summed E-state index contributed by atoms with van der Waals surface area (Å²) in [5, 5.41) is 0. The van der Waals surface area contributed by atoms with E-state index < -0.39 is 38.1 Å². The van der Waals surface area contributed by atoms with E-state index >= 15 is 0 Å². The van der Waals surface area contributed by atoms with Crippen LogP contribution in [0, 0.1) is 11.8 Å². The number of esters is 2. The van der Waals surface area contributed by atoms with E-state index in [1.165, 1.54) is 27.7 Å². The van der Waals surface area contributed by atoms with Crippen molar-refractivity contribution in [1.82, 2.24) is 0 Å². The largest absolute Gasteiger partial charge is 0.475 e. The summed E-state index contributed by atoms with van der Waals surface area (Å²) >= 11 is 0. The summed E-state index contributed by atoms with van der Waals surface area (Å²) in [7, 11) is -4.95. The molecule has 0 aliphatic carbocycles. The van der Waals surface area contributed by atoms with E-state index in [2.05, 4.69) is 14.0 Å². The molecule has 0 bridgehead atoms. The molecular formula is C9H17O8P. The summed E-state index contributed by atoms with van der Waals surface area (Å²) in [4.78, 5) is 39.7. The quantitative estimate of drug-likeness (QED) is 0.417. The predicted molar refractivity (Wildman–Crippen MR) is 58.8 cm³/mol. The van der Waals surface area contributed by atoms with Gasteiger partial charge in [-0.1, -0.05) is 27.7 Å². The van der Waals surface area contributed by atoms with Crippen LogP contribution in [0.1, 0.15) is 27.7 Å². The number of hydrogen-bond donors (Lipinski definition) is 2. The summed E-state index contributed by atoms with van der Waals surface area (Å²) in [5.41, 5.74) is 0. The number of ether oxygens (including phenoxy) is 2. The minimum absolute atomic E-state index is 0.564. The first kappa shape index (κ1) is 17.1. The minimum Gasteiger partial charge on any atom is -0.400 e. The fraction of sp³-hybridized carbons (Fsp3) is 0.778. The molecule has 0 aromatic carbocycles. The molecule has 0 aliphatic heterocycles. The van der Waals surface area contributed by atoms with Gasteiger partial charge in [-0.2, -0.15) is 0 Å². The van der Waals surface area contributed by atoms with Crippen molar-refractivity contribution >= 4 is 19.8 Å². The highest BCUT2D eigenvalue weighted by Gasteiger charge is 2.30. The Bertz CT molecular complexity index is 322. The third kappa shape index (κ3) is 7.39. The molecule has 2 N–H and O–H groups in total. The van der Waals surface area contributed by atoms with Crippen molar-refractivity contribution in [3.8, 4) is 0 Å². The molecule has 0 unspecified atom stereocenters. The van der Waals surface area contributed by atoms with E-state index in [1.807, 2.05) is 0 Å². The maximum atomic E-state index is 11.2. The van der Waals surface area contributed by atoms with Gasteiger partial charge in [0.15, 0.2) is 0 Å². The molecule has 0 atom stereocenters. The smallest absolute Gasteiger partial charge is 0.400 e. The molecule has 0 heterocycles. The highest BCUT2D eigenvalue weighted by molar-refractivity contribution is 7.46. The second-order valence-corrected chi connectivity index (χ2v) is 5.26. The van der Waals surface area contributed by atoms with E-state index in [1.54, 1.807) is 0 Å². The van der Waals surface area contributed by atoms with E-state index in [0.29, 0.717) is 0 Å². The second kappa shape index (κ2) is 6.84. The zero-order valence-electron chi connectivity index (χ0n) is 10.5. The zero-order valence-corrected chi connectivity index (χ0v) is 11.4. The van der Waals surface area contributed by atoms with Crippen LogP contribution < -0.4 is 0 Å². The number of hydrogen-bond acceptors (Lipinski definition) is 6. The van der Waals surface area contributed by atoms with Gasteiger partial charge in [0.05, 0.1) is 11.8 Å². The Morgan fingerprint density at radius 2 is 1.28 bits per heavy atom. The van der Waals surface area contributed by atoms with Gasteiger partial charge in [0.25, 0.3) is 0 Å². The van der Waals surface area contributed by atoms with Crippen molar-refractivity contribution in [3.05, 3.63) is 0 Å². The van der Waals surface area contributed by atoms with Gasteiger partial charge in [-0.3, -0.25) is 9.59 Å². The Balaban J connectivity index is 4.68. The first-order chi connectivity index (χ1) is 8.03. The normalized spacial score (nSPS) is 12.1. The standard InChI is InChI=1S/C9H17O8P/c1-5(2)7(10)15-9(17-18(12,13)14)16-8(11)6(3)4/h5-6,9H,1-4H3,(H2,12,13,14). The molecule has 0 spiro atoms. The fourth-order valence-corrected chi connectivity index (χ4v) is 0.951. The summed E-state index contributed by atoms with van der Waals surface area (Å²) in [6, 6.07) is 0. The molecular weight excluding hydrogens is 267 g/mol. The average molecular weight is 284 g/mol. The topological polar surface area (TPSA) is 119 Å². The van der Waals surface area contributed by atoms with Crippen LogP contribution in [0.15, 0.2) is 0 Å². The van der Waals surface area contributed by atoms with E-state index in [-0.39, 0.29) is 0 Å². The Morgan fingerprint density at radius 3 is 1.50 bits per heavy atom. The lowest BCUT2D eigenvalue weighted by Crippen LogP contribution is -2.30. The molecule has 0 aliphatic rings. The van der Waals surface area contributed by atoms with E-state index in [9.17, 15) is 14.2 Å². The maximum absolute atomic E-state index is 11.2. The molecule has 0 saturated carbocycles. The van der Waals surface area contributed by atoms with Crippen molar-refractivity contribution in [2.24, 2.45) is 11.8 Å². The molecule has 0 saturated heterocycles. The lowest BCUT2D eigenvalue weighted by atomic mass is 10.2. The lowest BCUT2D eigenvalue weighted by Gasteiger charge is -2.20. The van der Waals surface area contributed by atoms with Gasteiger partial charge < -0.3 is 19.3 Å². The number of carbonyl (C=O) groups is 2. The molecule has 18 heavy (non-hydrogen) atoms. The second-order valence-electron chi connectivity index (χ2n) is 4.07. The zero-order chi connectivity index (χ0) is 14.5. The van der Waals surface area contributed by atoms with Gasteiger partial charge in [-0.05, 0) is 0 Å². The fourth-order valence-electron chi connectivity index (χ4n) is 0.641. The van der Waals surface area contributed by atoms with Gasteiger partial charge in [0.1, 0.15) is 0 Å². The monoisotopic (exact) mass is 284 g/mol. The van der Waals surface area contributed by atoms with Crippen LogP contribution in [0.4, 0.5) is 0 Å². The van der Waals surface area contributed by atoms with E-state index in [0.717, 1.165) is 0 Å². The lowest BCUT2D eigenvalue weighted by molar-refractivity contribution is -0.243. The van der Waals surface area contributed by atoms with Crippen molar-refractivity contribution < 1.29 is 37.9 Å². The van der Waals surface area contributed by atoms with Crippen molar-refractivity contribution in [2.75, 3.05) is 0 Å². The van der Waals surface area contributed by atoms with Crippen molar-refractivity contribution in [3.63, 3.8) is 0 Å². The molecule has 9 heteroatoms. The van der Waals surface area contributed by atoms with Gasteiger partial charge in [0, 0.05) is 0 Å². The Hall–Kier alpha value is -0.950.